The molecule has 0 bridgehead atoms. The Morgan fingerprint density at radius 2 is 2.31 bits per heavy atom. The zero-order valence-corrected chi connectivity index (χ0v) is 8.23. The van der Waals surface area contributed by atoms with E-state index in [0.717, 1.165) is 9.60 Å². The molecule has 0 aliphatic carbocycles. The summed E-state index contributed by atoms with van der Waals surface area (Å²) in [6, 6.07) is 3.35. The van der Waals surface area contributed by atoms with E-state index in [4.69, 9.17) is 0 Å². The van der Waals surface area contributed by atoms with Gasteiger partial charge in [-0.05, 0) is 17.5 Å². The zero-order chi connectivity index (χ0) is 9.42. The third-order valence-corrected chi connectivity index (χ3v) is 3.30. The van der Waals surface area contributed by atoms with Crippen molar-refractivity contribution in [1.82, 2.24) is 0 Å². The molecule has 0 saturated carbocycles. The zero-order valence-electron chi connectivity index (χ0n) is 6.52. The molecule has 1 aromatic heterocycles. The minimum atomic E-state index is 0.0454. The van der Waals surface area contributed by atoms with Gasteiger partial charge in [-0.2, -0.15) is 0 Å². The molecule has 4 heteroatoms. The summed E-state index contributed by atoms with van der Waals surface area (Å²) in [4.78, 5) is 11.3. The lowest BCUT2D eigenvalue weighted by atomic mass is 10.1. The molecule has 1 N–H and O–H groups in total. The number of hydrogen-bond donors (Lipinski definition) is 2. The first-order valence-electron chi connectivity index (χ1n) is 3.61. The highest BCUT2D eigenvalue weighted by Gasteiger charge is 2.09. The summed E-state index contributed by atoms with van der Waals surface area (Å²) < 4.78 is 0.909. The molecule has 0 aliphatic heterocycles. The first-order chi connectivity index (χ1) is 6.24. The van der Waals surface area contributed by atoms with Gasteiger partial charge in [-0.3, -0.25) is 4.79 Å². The summed E-state index contributed by atoms with van der Waals surface area (Å²) >= 11 is 5.72. The number of phenolic OH excluding ortho intramolecular Hbond substituents is 1. The van der Waals surface area contributed by atoms with Gasteiger partial charge in [-0.15, -0.1) is 24.0 Å². The number of benzene rings is 1. The number of phenols is 1. The lowest BCUT2D eigenvalue weighted by Gasteiger charge is -2.01. The van der Waals surface area contributed by atoms with Crippen LogP contribution in [0.5, 0.6) is 5.75 Å². The molecule has 0 spiro atoms. The molecule has 0 fully saturated rings. The average molecular weight is 210 g/mol. The number of carbonyl (C=O) groups excluding carboxylic acids is 1. The number of fused-ring (bicyclic) bond motifs is 1. The van der Waals surface area contributed by atoms with Crippen LogP contribution in [0.1, 0.15) is 10.4 Å². The fourth-order valence-electron chi connectivity index (χ4n) is 1.22. The molecule has 66 valence electrons. The van der Waals surface area contributed by atoms with Gasteiger partial charge in [-0.25, -0.2) is 0 Å². The topological polar surface area (TPSA) is 37.3 Å². The van der Waals surface area contributed by atoms with Gasteiger partial charge in [-0.1, -0.05) is 0 Å². The number of hydrogen-bond acceptors (Lipinski definition) is 4. The number of aromatic hydroxyl groups is 1. The molecule has 2 aromatic rings. The highest BCUT2D eigenvalue weighted by Crippen LogP contribution is 2.35. The second-order valence-corrected chi connectivity index (χ2v) is 4.01. The fraction of sp³-hybridized carbons (Fsp3) is 0. The van der Waals surface area contributed by atoms with E-state index >= 15 is 0 Å². The van der Waals surface area contributed by atoms with Crippen LogP contribution in [0, 0.1) is 0 Å². The number of rotatable bonds is 1. The van der Waals surface area contributed by atoms with Crippen LogP contribution in [-0.2, 0) is 0 Å². The molecule has 0 atom stereocenters. The molecule has 0 saturated heterocycles. The van der Waals surface area contributed by atoms with Gasteiger partial charge in [0, 0.05) is 10.3 Å². The van der Waals surface area contributed by atoms with E-state index in [1.807, 2.05) is 5.38 Å². The van der Waals surface area contributed by atoms with E-state index in [1.54, 1.807) is 12.1 Å². The molecule has 0 unspecified atom stereocenters. The van der Waals surface area contributed by atoms with Crippen molar-refractivity contribution in [3.05, 3.63) is 23.1 Å². The lowest BCUT2D eigenvalue weighted by molar-refractivity contribution is 0.112. The summed E-state index contributed by atoms with van der Waals surface area (Å²) in [7, 11) is 0. The van der Waals surface area contributed by atoms with Crippen LogP contribution in [0.3, 0.4) is 0 Å². The predicted octanol–water partition coefficient (Wildman–Crippen LogP) is 2.71. The number of thiol groups is 1. The maximum atomic E-state index is 10.6. The summed E-state index contributed by atoms with van der Waals surface area (Å²) in [5.41, 5.74) is 0.288. The Morgan fingerprint density at radius 1 is 1.54 bits per heavy atom. The third-order valence-electron chi connectivity index (χ3n) is 1.85. The van der Waals surface area contributed by atoms with Crippen LogP contribution in [0.4, 0.5) is 0 Å². The molecule has 0 aliphatic rings. The molecule has 2 nitrogen and oxygen atoms in total. The molecule has 1 aromatic carbocycles. The van der Waals surface area contributed by atoms with Gasteiger partial charge >= 0.3 is 0 Å². The monoisotopic (exact) mass is 210 g/mol. The summed E-state index contributed by atoms with van der Waals surface area (Å²) in [5, 5.41) is 12.2. The van der Waals surface area contributed by atoms with Gasteiger partial charge in [0.25, 0.3) is 0 Å². The minimum absolute atomic E-state index is 0.0454. The van der Waals surface area contributed by atoms with Gasteiger partial charge < -0.3 is 5.11 Å². The van der Waals surface area contributed by atoms with E-state index < -0.39 is 0 Å². The Bertz CT molecular complexity index is 474. The molecular weight excluding hydrogens is 204 g/mol. The van der Waals surface area contributed by atoms with Crippen LogP contribution < -0.4 is 0 Å². The SMILES string of the molecule is O=Cc1cc(S)c2sccc2c1O. The molecule has 0 radical (unpaired) electrons. The Morgan fingerprint density at radius 3 is 3.00 bits per heavy atom. The van der Waals surface area contributed by atoms with Crippen molar-refractivity contribution in [1.29, 1.82) is 0 Å². The predicted molar refractivity (Wildman–Crippen MR) is 56.1 cm³/mol. The summed E-state index contributed by atoms with van der Waals surface area (Å²) in [5.74, 6) is 0.0454. The fourth-order valence-corrected chi connectivity index (χ4v) is 2.45. The maximum absolute atomic E-state index is 10.6. The lowest BCUT2D eigenvalue weighted by Crippen LogP contribution is -1.82. The molecule has 2 rings (SSSR count). The van der Waals surface area contributed by atoms with E-state index in [-0.39, 0.29) is 11.3 Å². The number of thiophene rings is 1. The quantitative estimate of drug-likeness (QED) is 0.561. The molecule has 13 heavy (non-hydrogen) atoms. The van der Waals surface area contributed by atoms with E-state index in [9.17, 15) is 9.90 Å². The van der Waals surface area contributed by atoms with Crippen molar-refractivity contribution >= 4 is 40.3 Å². The Kier molecular flexibility index (Phi) is 2.01. The van der Waals surface area contributed by atoms with Crippen LogP contribution in [0.2, 0.25) is 0 Å². The largest absolute Gasteiger partial charge is 0.507 e. The van der Waals surface area contributed by atoms with Crippen LogP contribution in [0.15, 0.2) is 22.4 Å². The molecular formula is C9H6O2S2. The van der Waals surface area contributed by atoms with Crippen LogP contribution >= 0.6 is 24.0 Å². The smallest absolute Gasteiger partial charge is 0.153 e. The second-order valence-electron chi connectivity index (χ2n) is 2.61. The average Bonchev–Trinajstić information content (AvgIpc) is 2.60. The Hall–Kier alpha value is -1.00. The van der Waals surface area contributed by atoms with Crippen molar-refractivity contribution in [2.45, 2.75) is 4.90 Å². The molecule has 1 heterocycles. The van der Waals surface area contributed by atoms with E-state index in [1.165, 1.54) is 11.3 Å². The van der Waals surface area contributed by atoms with Crippen molar-refractivity contribution in [2.75, 3.05) is 0 Å². The van der Waals surface area contributed by atoms with E-state index in [0.29, 0.717) is 11.7 Å². The summed E-state index contributed by atoms with van der Waals surface area (Å²) in [6.45, 7) is 0. The number of aldehydes is 1. The third kappa shape index (κ3) is 1.22. The van der Waals surface area contributed by atoms with E-state index in [2.05, 4.69) is 12.6 Å². The highest BCUT2D eigenvalue weighted by atomic mass is 32.1. The standard InChI is InChI=1S/C9H6O2S2/c10-4-5-3-7(12)9-6(8(5)11)1-2-13-9/h1-4,11-12H. The number of carbonyl (C=O) groups is 1. The maximum Gasteiger partial charge on any atom is 0.153 e. The van der Waals surface area contributed by atoms with Crippen molar-refractivity contribution in [3.63, 3.8) is 0 Å². The van der Waals surface area contributed by atoms with Crippen molar-refractivity contribution in [3.8, 4) is 5.75 Å². The van der Waals surface area contributed by atoms with Gasteiger partial charge in [0.15, 0.2) is 6.29 Å². The summed E-state index contributed by atoms with van der Waals surface area (Å²) in [6.07, 6.45) is 0.631. The normalized spacial score (nSPS) is 10.5. The van der Waals surface area contributed by atoms with Gasteiger partial charge in [0.2, 0.25) is 0 Å². The minimum Gasteiger partial charge on any atom is -0.507 e. The van der Waals surface area contributed by atoms with Crippen LogP contribution in [0.25, 0.3) is 10.1 Å². The first-order valence-corrected chi connectivity index (χ1v) is 4.94. The second kappa shape index (κ2) is 3.05. The van der Waals surface area contributed by atoms with Gasteiger partial charge in [0.1, 0.15) is 5.75 Å². The van der Waals surface area contributed by atoms with Gasteiger partial charge in [0.05, 0.1) is 10.3 Å². The highest BCUT2D eigenvalue weighted by molar-refractivity contribution is 7.80. The first kappa shape index (κ1) is 8.59. The van der Waals surface area contributed by atoms with Crippen molar-refractivity contribution < 1.29 is 9.90 Å². The van der Waals surface area contributed by atoms with Crippen LogP contribution in [-0.4, -0.2) is 11.4 Å². The van der Waals surface area contributed by atoms with Crippen molar-refractivity contribution in [2.24, 2.45) is 0 Å². The molecule has 0 amide bonds. The Labute approximate surface area is 84.2 Å². The Balaban J connectivity index is 2.93.